The number of hydrogen-bond donors (Lipinski definition) is 1. The molecule has 0 spiro atoms. The van der Waals surface area contributed by atoms with Crippen LogP contribution in [-0.4, -0.2) is 29.4 Å². The van der Waals surface area contributed by atoms with Gasteiger partial charge in [-0.15, -0.1) is 23.7 Å². The predicted octanol–water partition coefficient (Wildman–Crippen LogP) is 3.10. The fourth-order valence-corrected chi connectivity index (χ4v) is 2.66. The summed E-state index contributed by atoms with van der Waals surface area (Å²) in [6.45, 7) is 1.04. The summed E-state index contributed by atoms with van der Waals surface area (Å²) in [5, 5.41) is 2.55. The molecule has 1 amide bonds. The molecule has 0 saturated heterocycles. The van der Waals surface area contributed by atoms with Gasteiger partial charge >= 0.3 is 0 Å². The second-order valence-electron chi connectivity index (χ2n) is 4.43. The van der Waals surface area contributed by atoms with Gasteiger partial charge in [0.05, 0.1) is 0 Å². The van der Waals surface area contributed by atoms with Gasteiger partial charge in [0.25, 0.3) is 5.91 Å². The minimum absolute atomic E-state index is 0. The largest absolute Gasteiger partial charge is 0.340 e. The number of benzene rings is 1. The molecule has 2 rings (SSSR count). The number of amides is 1. The molecule has 0 saturated carbocycles. The van der Waals surface area contributed by atoms with Gasteiger partial charge in [-0.2, -0.15) is 0 Å². The van der Waals surface area contributed by atoms with Crippen molar-refractivity contribution in [3.8, 4) is 0 Å². The molecule has 0 aliphatic carbocycles. The standard InChI is InChI=1S/C14H16BrN3OS.ClH/c1-18(7-6-10-2-4-11(15)5-3-10)14(19)12-9-20-13(8-16)17-12;/h2-5,9H,6-8,16H2,1H3;1H. The molecule has 7 heteroatoms. The lowest BCUT2D eigenvalue weighted by Gasteiger charge is -2.15. The Kier molecular flexibility index (Phi) is 7.31. The zero-order valence-electron chi connectivity index (χ0n) is 11.6. The topological polar surface area (TPSA) is 59.2 Å². The van der Waals surface area contributed by atoms with E-state index >= 15 is 0 Å². The molecule has 0 fully saturated rings. The van der Waals surface area contributed by atoms with Crippen LogP contribution >= 0.6 is 39.7 Å². The molecule has 0 unspecified atom stereocenters. The lowest BCUT2D eigenvalue weighted by atomic mass is 10.1. The maximum Gasteiger partial charge on any atom is 0.273 e. The van der Waals surface area contributed by atoms with Gasteiger partial charge < -0.3 is 10.6 Å². The summed E-state index contributed by atoms with van der Waals surface area (Å²) >= 11 is 4.83. The van der Waals surface area contributed by atoms with Gasteiger partial charge in [-0.25, -0.2) is 4.98 Å². The van der Waals surface area contributed by atoms with Crippen molar-refractivity contribution in [1.29, 1.82) is 0 Å². The van der Waals surface area contributed by atoms with Crippen LogP contribution in [0, 0.1) is 0 Å². The zero-order valence-corrected chi connectivity index (χ0v) is 14.8. The second kappa shape index (κ2) is 8.48. The van der Waals surface area contributed by atoms with Gasteiger partial charge in [0.15, 0.2) is 0 Å². The van der Waals surface area contributed by atoms with Crippen molar-refractivity contribution in [2.45, 2.75) is 13.0 Å². The molecule has 0 radical (unpaired) electrons. The minimum atomic E-state index is -0.0574. The van der Waals surface area contributed by atoms with Crippen molar-refractivity contribution in [3.63, 3.8) is 0 Å². The predicted molar refractivity (Wildman–Crippen MR) is 92.1 cm³/mol. The number of halogens is 2. The summed E-state index contributed by atoms with van der Waals surface area (Å²) in [6.07, 6.45) is 0.823. The lowest BCUT2D eigenvalue weighted by Crippen LogP contribution is -2.29. The molecule has 1 heterocycles. The molecule has 0 aliphatic heterocycles. The van der Waals surface area contributed by atoms with Crippen LogP contribution in [0.4, 0.5) is 0 Å². The number of carbonyl (C=O) groups excluding carboxylic acids is 1. The maximum absolute atomic E-state index is 12.2. The van der Waals surface area contributed by atoms with Crippen molar-refractivity contribution in [1.82, 2.24) is 9.88 Å². The Hall–Kier alpha value is -0.950. The van der Waals surface area contributed by atoms with Crippen molar-refractivity contribution in [3.05, 3.63) is 50.4 Å². The number of carbonyl (C=O) groups is 1. The number of aromatic nitrogens is 1. The molecule has 21 heavy (non-hydrogen) atoms. The van der Waals surface area contributed by atoms with Gasteiger partial charge in [0.2, 0.25) is 0 Å². The monoisotopic (exact) mass is 389 g/mol. The van der Waals surface area contributed by atoms with E-state index in [9.17, 15) is 4.79 Å². The van der Waals surface area contributed by atoms with E-state index in [-0.39, 0.29) is 18.3 Å². The normalized spacial score (nSPS) is 10.0. The summed E-state index contributed by atoms with van der Waals surface area (Å²) in [4.78, 5) is 18.1. The highest BCUT2D eigenvalue weighted by atomic mass is 79.9. The number of rotatable bonds is 5. The summed E-state index contributed by atoms with van der Waals surface area (Å²) in [5.41, 5.74) is 7.19. The van der Waals surface area contributed by atoms with E-state index in [1.165, 1.54) is 16.9 Å². The highest BCUT2D eigenvalue weighted by Gasteiger charge is 2.14. The van der Waals surface area contributed by atoms with E-state index in [0.717, 1.165) is 15.9 Å². The van der Waals surface area contributed by atoms with Crippen molar-refractivity contribution >= 4 is 45.6 Å². The van der Waals surface area contributed by atoms with E-state index in [2.05, 4.69) is 33.0 Å². The summed E-state index contributed by atoms with van der Waals surface area (Å²) in [6, 6.07) is 8.12. The third-order valence-corrected chi connectivity index (χ3v) is 4.34. The minimum Gasteiger partial charge on any atom is -0.340 e. The first-order valence-electron chi connectivity index (χ1n) is 6.24. The van der Waals surface area contributed by atoms with Crippen LogP contribution in [0.2, 0.25) is 0 Å². The van der Waals surface area contributed by atoms with Crippen LogP contribution in [0.1, 0.15) is 21.1 Å². The number of thiazole rings is 1. The molecule has 0 aliphatic rings. The first-order chi connectivity index (χ1) is 9.60. The zero-order chi connectivity index (χ0) is 14.5. The highest BCUT2D eigenvalue weighted by molar-refractivity contribution is 9.10. The van der Waals surface area contributed by atoms with Crippen LogP contribution < -0.4 is 5.73 Å². The third kappa shape index (κ3) is 5.07. The quantitative estimate of drug-likeness (QED) is 0.853. The van der Waals surface area contributed by atoms with Crippen LogP contribution in [0.25, 0.3) is 0 Å². The van der Waals surface area contributed by atoms with Gasteiger partial charge in [0.1, 0.15) is 10.7 Å². The van der Waals surface area contributed by atoms with Crippen molar-refractivity contribution in [2.75, 3.05) is 13.6 Å². The molecule has 4 nitrogen and oxygen atoms in total. The van der Waals surface area contributed by atoms with E-state index in [4.69, 9.17) is 5.73 Å². The second-order valence-corrected chi connectivity index (χ2v) is 6.29. The Labute approximate surface area is 142 Å². The number of hydrogen-bond acceptors (Lipinski definition) is 4. The molecular formula is C14H17BrClN3OS. The molecule has 0 bridgehead atoms. The molecule has 0 atom stereocenters. The van der Waals surface area contributed by atoms with Gasteiger partial charge in [-0.05, 0) is 24.1 Å². The van der Waals surface area contributed by atoms with Crippen LogP contribution in [0.5, 0.6) is 0 Å². The third-order valence-electron chi connectivity index (χ3n) is 2.94. The smallest absolute Gasteiger partial charge is 0.273 e. The lowest BCUT2D eigenvalue weighted by molar-refractivity contribution is 0.0791. The van der Waals surface area contributed by atoms with E-state index in [1.54, 1.807) is 17.3 Å². The fourth-order valence-electron chi connectivity index (χ4n) is 1.75. The number of nitrogens with zero attached hydrogens (tertiary/aromatic N) is 2. The molecule has 1 aromatic heterocycles. The Bertz CT molecular complexity index is 588. The number of likely N-dealkylation sites (N-methyl/N-ethyl adjacent to an activating group) is 1. The molecule has 1 aromatic carbocycles. The van der Waals surface area contributed by atoms with Gasteiger partial charge in [0, 0.05) is 30.0 Å². The SMILES string of the molecule is CN(CCc1ccc(Br)cc1)C(=O)c1csc(CN)n1.Cl. The molecule has 114 valence electrons. The Morgan fingerprint density at radius 1 is 1.38 bits per heavy atom. The van der Waals surface area contributed by atoms with Crippen LogP contribution in [-0.2, 0) is 13.0 Å². The van der Waals surface area contributed by atoms with Crippen molar-refractivity contribution < 1.29 is 4.79 Å². The Morgan fingerprint density at radius 2 is 2.05 bits per heavy atom. The van der Waals surface area contributed by atoms with E-state index in [1.807, 2.05) is 12.1 Å². The first-order valence-corrected chi connectivity index (χ1v) is 7.92. The van der Waals surface area contributed by atoms with Gasteiger partial charge in [-0.3, -0.25) is 4.79 Å². The maximum atomic E-state index is 12.2. The average Bonchev–Trinajstić information content (AvgIpc) is 2.94. The fraction of sp³-hybridized carbons (Fsp3) is 0.286. The van der Waals surface area contributed by atoms with E-state index < -0.39 is 0 Å². The molecule has 2 N–H and O–H groups in total. The summed E-state index contributed by atoms with van der Waals surface area (Å²) < 4.78 is 1.06. The van der Waals surface area contributed by atoms with Crippen LogP contribution in [0.3, 0.4) is 0 Å². The number of nitrogens with two attached hydrogens (primary N) is 1. The Morgan fingerprint density at radius 3 is 2.62 bits per heavy atom. The average molecular weight is 391 g/mol. The van der Waals surface area contributed by atoms with Gasteiger partial charge in [-0.1, -0.05) is 28.1 Å². The highest BCUT2D eigenvalue weighted by Crippen LogP contribution is 2.13. The molecular weight excluding hydrogens is 374 g/mol. The van der Waals surface area contributed by atoms with Crippen LogP contribution in [0.15, 0.2) is 34.1 Å². The summed E-state index contributed by atoms with van der Waals surface area (Å²) in [5.74, 6) is -0.0574. The van der Waals surface area contributed by atoms with E-state index in [0.29, 0.717) is 18.8 Å². The summed E-state index contributed by atoms with van der Waals surface area (Å²) in [7, 11) is 1.79. The molecule has 2 aromatic rings. The Balaban J connectivity index is 0.00000220. The van der Waals surface area contributed by atoms with Crippen molar-refractivity contribution in [2.24, 2.45) is 5.73 Å². The first kappa shape index (κ1) is 18.1.